The molecule has 0 radical (unpaired) electrons. The van der Waals surface area contributed by atoms with Crippen LogP contribution in [0.25, 0.3) is 0 Å². The quantitative estimate of drug-likeness (QED) is 0.728. The highest BCUT2D eigenvalue weighted by Crippen LogP contribution is 2.26. The molecule has 0 spiro atoms. The number of pyridine rings is 1. The summed E-state index contributed by atoms with van der Waals surface area (Å²) in [5.41, 5.74) is 2.31. The smallest absolute Gasteiger partial charge is 0.220 e. The maximum atomic E-state index is 5.79. The van der Waals surface area contributed by atoms with Crippen molar-refractivity contribution in [2.75, 3.05) is 0 Å². The van der Waals surface area contributed by atoms with Crippen LogP contribution in [0.4, 0.5) is 0 Å². The van der Waals surface area contributed by atoms with Crippen molar-refractivity contribution in [1.82, 2.24) is 4.98 Å². The highest BCUT2D eigenvalue weighted by Gasteiger charge is 2.04. The number of benzene rings is 1. The Kier molecular flexibility index (Phi) is 3.11. The van der Waals surface area contributed by atoms with Gasteiger partial charge in [0.25, 0.3) is 0 Å². The Hall–Kier alpha value is -1.54. The van der Waals surface area contributed by atoms with Crippen molar-refractivity contribution in [1.29, 1.82) is 0 Å². The zero-order valence-electron chi connectivity index (χ0n) is 9.20. The van der Waals surface area contributed by atoms with Crippen LogP contribution in [0.2, 0.25) is 5.15 Å². The molecule has 3 heteroatoms. The molecule has 2 rings (SSSR count). The van der Waals surface area contributed by atoms with Gasteiger partial charge in [-0.05, 0) is 37.1 Å². The number of hydrogen-bond donors (Lipinski definition) is 0. The molecule has 1 aromatic heterocycles. The van der Waals surface area contributed by atoms with E-state index < -0.39 is 0 Å². The van der Waals surface area contributed by atoms with Gasteiger partial charge < -0.3 is 4.74 Å². The highest BCUT2D eigenvalue weighted by molar-refractivity contribution is 6.29. The third kappa shape index (κ3) is 2.34. The molecular formula is C13H12ClNO. The fourth-order valence-electron chi connectivity index (χ4n) is 1.39. The predicted octanol–water partition coefficient (Wildman–Crippen LogP) is 4.14. The van der Waals surface area contributed by atoms with Crippen LogP contribution in [0, 0.1) is 13.8 Å². The van der Waals surface area contributed by atoms with Crippen LogP contribution in [-0.4, -0.2) is 4.98 Å². The lowest BCUT2D eigenvalue weighted by atomic mass is 10.1. The van der Waals surface area contributed by atoms with Crippen LogP contribution in [0.1, 0.15) is 11.1 Å². The van der Waals surface area contributed by atoms with Crippen molar-refractivity contribution in [3.8, 4) is 11.6 Å². The van der Waals surface area contributed by atoms with Gasteiger partial charge in [-0.1, -0.05) is 29.8 Å². The van der Waals surface area contributed by atoms with Crippen molar-refractivity contribution < 1.29 is 4.74 Å². The second-order valence-corrected chi connectivity index (χ2v) is 3.99. The summed E-state index contributed by atoms with van der Waals surface area (Å²) in [6.45, 7) is 4.07. The van der Waals surface area contributed by atoms with E-state index in [4.69, 9.17) is 16.3 Å². The van der Waals surface area contributed by atoms with Gasteiger partial charge in [-0.25, -0.2) is 4.98 Å². The molecule has 0 fully saturated rings. The second-order valence-electron chi connectivity index (χ2n) is 3.60. The van der Waals surface area contributed by atoms with Crippen LogP contribution in [0.5, 0.6) is 11.6 Å². The van der Waals surface area contributed by atoms with Crippen molar-refractivity contribution >= 4 is 11.6 Å². The van der Waals surface area contributed by atoms with Gasteiger partial charge >= 0.3 is 0 Å². The minimum absolute atomic E-state index is 0.433. The minimum atomic E-state index is 0.433. The molecule has 0 saturated carbocycles. The Bertz CT molecular complexity index is 511. The molecule has 0 atom stereocenters. The first-order chi connectivity index (χ1) is 7.66. The summed E-state index contributed by atoms with van der Waals surface area (Å²) in [4.78, 5) is 4.08. The normalized spacial score (nSPS) is 10.2. The number of hydrogen-bond acceptors (Lipinski definition) is 2. The Labute approximate surface area is 99.9 Å². The molecule has 0 N–H and O–H groups in total. The maximum Gasteiger partial charge on any atom is 0.220 e. The SMILES string of the molecule is Cc1cccc(Oc2cccc(Cl)n2)c1C. The van der Waals surface area contributed by atoms with E-state index in [1.807, 2.05) is 38.1 Å². The summed E-state index contributed by atoms with van der Waals surface area (Å²) in [5, 5.41) is 0.433. The molecule has 0 aliphatic carbocycles. The lowest BCUT2D eigenvalue weighted by molar-refractivity contribution is 0.459. The van der Waals surface area contributed by atoms with Gasteiger partial charge in [-0.3, -0.25) is 0 Å². The highest BCUT2D eigenvalue weighted by atomic mass is 35.5. The average molecular weight is 234 g/mol. The molecule has 0 aliphatic heterocycles. The fourth-order valence-corrected chi connectivity index (χ4v) is 1.55. The molecular weight excluding hydrogens is 222 g/mol. The molecule has 2 nitrogen and oxygen atoms in total. The summed E-state index contributed by atoms with van der Waals surface area (Å²) in [6, 6.07) is 11.3. The zero-order valence-corrected chi connectivity index (χ0v) is 9.95. The monoisotopic (exact) mass is 233 g/mol. The first kappa shape index (κ1) is 11.0. The fraction of sp³-hybridized carbons (Fsp3) is 0.154. The topological polar surface area (TPSA) is 22.1 Å². The first-order valence-electron chi connectivity index (χ1n) is 5.03. The molecule has 0 amide bonds. The van der Waals surface area contributed by atoms with Gasteiger partial charge in [-0.15, -0.1) is 0 Å². The molecule has 16 heavy (non-hydrogen) atoms. The van der Waals surface area contributed by atoms with Gasteiger partial charge in [0.05, 0.1) is 0 Å². The van der Waals surface area contributed by atoms with Gasteiger partial charge in [0.15, 0.2) is 0 Å². The maximum absolute atomic E-state index is 5.79. The second kappa shape index (κ2) is 4.54. The largest absolute Gasteiger partial charge is 0.439 e. The number of rotatable bonds is 2. The molecule has 82 valence electrons. The van der Waals surface area contributed by atoms with E-state index in [2.05, 4.69) is 4.98 Å². The molecule has 0 aliphatic rings. The van der Waals surface area contributed by atoms with Gasteiger partial charge in [0.1, 0.15) is 10.9 Å². The summed E-state index contributed by atoms with van der Waals surface area (Å²) in [7, 11) is 0. The standard InChI is InChI=1S/C13H12ClNO/c1-9-5-3-6-11(10(9)2)16-13-8-4-7-12(14)15-13/h3-8H,1-2H3. The number of halogens is 1. The Morgan fingerprint density at radius 1 is 1.06 bits per heavy atom. The molecule has 0 unspecified atom stereocenters. The van der Waals surface area contributed by atoms with E-state index in [-0.39, 0.29) is 0 Å². The van der Waals surface area contributed by atoms with E-state index >= 15 is 0 Å². The summed E-state index contributed by atoms with van der Waals surface area (Å²) < 4.78 is 5.68. The summed E-state index contributed by atoms with van der Waals surface area (Å²) in [5.74, 6) is 1.33. The van der Waals surface area contributed by atoms with Crippen LogP contribution < -0.4 is 4.74 Å². The Morgan fingerprint density at radius 3 is 2.56 bits per heavy atom. The van der Waals surface area contributed by atoms with Gasteiger partial charge in [0.2, 0.25) is 5.88 Å². The van der Waals surface area contributed by atoms with Crippen molar-refractivity contribution in [2.24, 2.45) is 0 Å². The summed E-state index contributed by atoms with van der Waals surface area (Å²) >= 11 is 5.79. The van der Waals surface area contributed by atoms with Crippen molar-refractivity contribution in [2.45, 2.75) is 13.8 Å². The van der Waals surface area contributed by atoms with Crippen LogP contribution >= 0.6 is 11.6 Å². The molecule has 1 aromatic carbocycles. The number of aromatic nitrogens is 1. The average Bonchev–Trinajstić information content (AvgIpc) is 2.25. The van der Waals surface area contributed by atoms with E-state index in [0.717, 1.165) is 11.3 Å². The minimum Gasteiger partial charge on any atom is -0.439 e. The zero-order chi connectivity index (χ0) is 11.5. The number of ether oxygens (including phenoxy) is 1. The number of aryl methyl sites for hydroxylation is 1. The molecule has 1 heterocycles. The number of nitrogens with zero attached hydrogens (tertiary/aromatic N) is 1. The Balaban J connectivity index is 2.31. The molecule has 0 saturated heterocycles. The van der Waals surface area contributed by atoms with Gasteiger partial charge in [-0.2, -0.15) is 0 Å². The lowest BCUT2D eigenvalue weighted by Gasteiger charge is -2.09. The predicted molar refractivity (Wildman–Crippen MR) is 65.2 cm³/mol. The summed E-state index contributed by atoms with van der Waals surface area (Å²) in [6.07, 6.45) is 0. The van der Waals surface area contributed by atoms with E-state index in [9.17, 15) is 0 Å². The van der Waals surface area contributed by atoms with E-state index in [1.54, 1.807) is 12.1 Å². The third-order valence-electron chi connectivity index (χ3n) is 2.46. The molecule has 2 aromatic rings. The Morgan fingerprint density at radius 2 is 1.81 bits per heavy atom. The molecule has 0 bridgehead atoms. The van der Waals surface area contributed by atoms with Crippen molar-refractivity contribution in [3.63, 3.8) is 0 Å². The van der Waals surface area contributed by atoms with Crippen LogP contribution in [0.3, 0.4) is 0 Å². The van der Waals surface area contributed by atoms with Crippen LogP contribution in [-0.2, 0) is 0 Å². The lowest BCUT2D eigenvalue weighted by Crippen LogP contribution is -1.91. The van der Waals surface area contributed by atoms with Crippen LogP contribution in [0.15, 0.2) is 36.4 Å². The van der Waals surface area contributed by atoms with Gasteiger partial charge in [0, 0.05) is 6.07 Å². The first-order valence-corrected chi connectivity index (χ1v) is 5.41. The van der Waals surface area contributed by atoms with E-state index in [0.29, 0.717) is 11.0 Å². The third-order valence-corrected chi connectivity index (χ3v) is 2.67. The van der Waals surface area contributed by atoms with E-state index in [1.165, 1.54) is 5.56 Å². The van der Waals surface area contributed by atoms with Crippen molar-refractivity contribution in [3.05, 3.63) is 52.7 Å².